The van der Waals surface area contributed by atoms with E-state index in [-0.39, 0.29) is 29.2 Å². The summed E-state index contributed by atoms with van der Waals surface area (Å²) in [5.41, 5.74) is -4.17. The molecule has 1 heterocycles. The molecule has 0 aromatic rings. The van der Waals surface area contributed by atoms with Crippen LogP contribution in [0.2, 0.25) is 0 Å². The number of aliphatic hydroxyl groups is 3. The van der Waals surface area contributed by atoms with E-state index in [1.165, 1.54) is 4.90 Å². The van der Waals surface area contributed by atoms with E-state index in [2.05, 4.69) is 6.92 Å². The van der Waals surface area contributed by atoms with Gasteiger partial charge >= 0.3 is 12.2 Å². The Morgan fingerprint density at radius 3 is 2.29 bits per heavy atom. The number of carbonyl (C=O) groups excluding carboxylic acids is 3. The van der Waals surface area contributed by atoms with Crippen molar-refractivity contribution in [1.29, 1.82) is 0 Å². The smallest absolute Gasteiger partial charge is 0.410 e. The molecule has 1 saturated carbocycles. The maximum atomic E-state index is 14.5. The van der Waals surface area contributed by atoms with Crippen LogP contribution in [0.4, 0.5) is 9.59 Å². The maximum absolute atomic E-state index is 14.5. The SMILES string of the molecule is CC1=C[C@]23C(=O)[C@@H](C=C(CO)[C@@H](O)[C@]2(O)[C@H]1OC(=O)N(C)C1CCN(C(=O)OC(C)(C)C)CC1)C(C)(C)[C@@H](C)C[C@H]3C. The van der Waals surface area contributed by atoms with E-state index in [4.69, 9.17) is 9.47 Å². The average molecular weight is 591 g/mol. The number of nitrogens with zero attached hydrogens (tertiary/aromatic N) is 2. The summed E-state index contributed by atoms with van der Waals surface area (Å²) in [6.07, 6.45) is 0.982. The lowest BCUT2D eigenvalue weighted by Crippen LogP contribution is -2.66. The molecule has 1 saturated heterocycles. The number of piperidine rings is 1. The summed E-state index contributed by atoms with van der Waals surface area (Å²) in [5.74, 6) is -1.15. The number of ketones is 1. The molecule has 4 aliphatic rings. The van der Waals surface area contributed by atoms with Crippen molar-refractivity contribution >= 4 is 18.0 Å². The summed E-state index contributed by atoms with van der Waals surface area (Å²) in [7, 11) is 1.62. The highest BCUT2D eigenvalue weighted by atomic mass is 16.6. The molecule has 2 bridgehead atoms. The van der Waals surface area contributed by atoms with Crippen molar-refractivity contribution in [3.63, 3.8) is 0 Å². The lowest BCUT2D eigenvalue weighted by molar-refractivity contribution is -0.191. The summed E-state index contributed by atoms with van der Waals surface area (Å²) in [6.45, 7) is 15.5. The van der Waals surface area contributed by atoms with Crippen LogP contribution in [0, 0.1) is 28.6 Å². The number of fused-ring (bicyclic) bond motifs is 1. The first kappa shape index (κ1) is 32.5. The fourth-order valence-electron chi connectivity index (χ4n) is 7.75. The maximum Gasteiger partial charge on any atom is 0.410 e. The van der Waals surface area contributed by atoms with Gasteiger partial charge in [0.2, 0.25) is 0 Å². The fraction of sp³-hybridized carbons (Fsp3) is 0.781. The van der Waals surface area contributed by atoms with Crippen LogP contribution in [0.5, 0.6) is 0 Å². The Labute approximate surface area is 249 Å². The Hall–Kier alpha value is -2.43. The predicted octanol–water partition coefficient (Wildman–Crippen LogP) is 3.68. The molecule has 3 N–H and O–H groups in total. The Bertz CT molecular complexity index is 1160. The molecule has 0 aromatic heterocycles. The number of rotatable bonds is 3. The van der Waals surface area contributed by atoms with Crippen LogP contribution in [0.1, 0.15) is 74.7 Å². The number of hydrogen-bond acceptors (Lipinski definition) is 8. The molecule has 7 atom stereocenters. The van der Waals surface area contributed by atoms with Gasteiger partial charge in [0.25, 0.3) is 0 Å². The van der Waals surface area contributed by atoms with Crippen LogP contribution in [-0.2, 0) is 14.3 Å². The van der Waals surface area contributed by atoms with E-state index in [0.29, 0.717) is 37.9 Å². The molecule has 3 aliphatic carbocycles. The lowest BCUT2D eigenvalue weighted by atomic mass is 9.59. The zero-order chi connectivity index (χ0) is 31.6. The molecule has 236 valence electrons. The van der Waals surface area contributed by atoms with E-state index in [0.717, 1.165) is 0 Å². The van der Waals surface area contributed by atoms with Crippen molar-refractivity contribution in [1.82, 2.24) is 9.80 Å². The topological polar surface area (TPSA) is 137 Å². The zero-order valence-electron chi connectivity index (χ0n) is 26.6. The molecule has 10 heteroatoms. The zero-order valence-corrected chi connectivity index (χ0v) is 26.6. The molecular weight excluding hydrogens is 540 g/mol. The number of aliphatic hydroxyl groups excluding tert-OH is 2. The largest absolute Gasteiger partial charge is 0.444 e. The number of allylic oxidation sites excluding steroid dienone is 1. The minimum Gasteiger partial charge on any atom is -0.444 e. The molecule has 1 aliphatic heterocycles. The third-order valence-electron chi connectivity index (χ3n) is 10.7. The second-order valence-corrected chi connectivity index (χ2v) is 14.7. The second-order valence-electron chi connectivity index (χ2n) is 14.7. The van der Waals surface area contributed by atoms with Crippen LogP contribution >= 0.6 is 0 Å². The van der Waals surface area contributed by atoms with E-state index >= 15 is 0 Å². The van der Waals surface area contributed by atoms with E-state index < -0.39 is 59.0 Å². The van der Waals surface area contributed by atoms with Crippen LogP contribution in [0.3, 0.4) is 0 Å². The second kappa shape index (κ2) is 10.9. The molecule has 2 amide bonds. The Morgan fingerprint density at radius 2 is 1.74 bits per heavy atom. The third kappa shape index (κ3) is 4.97. The van der Waals surface area contributed by atoms with E-state index in [9.17, 15) is 29.7 Å². The normalized spacial score (nSPS) is 36.7. The molecular formula is C32H50N2O8. The highest BCUT2D eigenvalue weighted by molar-refractivity contribution is 5.95. The first-order chi connectivity index (χ1) is 19.3. The van der Waals surface area contributed by atoms with Gasteiger partial charge in [0.15, 0.2) is 17.5 Å². The van der Waals surface area contributed by atoms with E-state index in [1.54, 1.807) is 31.0 Å². The highest BCUT2D eigenvalue weighted by Crippen LogP contribution is 2.62. The van der Waals surface area contributed by atoms with Gasteiger partial charge < -0.3 is 34.6 Å². The van der Waals surface area contributed by atoms with Gasteiger partial charge in [0, 0.05) is 32.1 Å². The number of carbonyl (C=O) groups is 3. The monoisotopic (exact) mass is 590 g/mol. The number of amides is 2. The molecule has 0 unspecified atom stereocenters. The van der Waals surface area contributed by atoms with Crippen molar-refractivity contribution in [2.45, 2.75) is 104 Å². The van der Waals surface area contributed by atoms with Crippen LogP contribution in [0.25, 0.3) is 0 Å². The summed E-state index contributed by atoms with van der Waals surface area (Å²) < 4.78 is 11.5. The molecule has 1 spiro atoms. The summed E-state index contributed by atoms with van der Waals surface area (Å²) in [4.78, 5) is 43.7. The molecule has 4 rings (SSSR count). The van der Waals surface area contributed by atoms with Crippen LogP contribution < -0.4 is 0 Å². The molecule has 42 heavy (non-hydrogen) atoms. The van der Waals surface area contributed by atoms with E-state index in [1.807, 2.05) is 41.5 Å². The van der Waals surface area contributed by atoms with Gasteiger partial charge in [0.1, 0.15) is 11.7 Å². The highest BCUT2D eigenvalue weighted by Gasteiger charge is 2.73. The number of likely N-dealkylation sites (tertiary alicyclic amines) is 1. The summed E-state index contributed by atoms with van der Waals surface area (Å²) in [5, 5.41) is 34.6. The minimum atomic E-state index is -2.20. The van der Waals surface area contributed by atoms with Gasteiger partial charge in [-0.1, -0.05) is 39.8 Å². The Morgan fingerprint density at radius 1 is 1.14 bits per heavy atom. The standard InChI is InChI=1S/C32H50N2O8/c1-18-16-31-20(3)14-19(2)30(7,8)23(25(31)37)15-21(17-35)24(36)32(31,40)26(18)41-27(38)33(9)22-10-12-34(13-11-22)28(39)42-29(4,5)6/h15-16,19-20,22-24,26,35-36,40H,10-14,17H2,1-9H3/t19-,20+,23+,24+,26-,31-,32-/m0/s1. The number of Topliss-reactive ketones (excluding diaryl/α,β-unsaturated/α-hetero) is 1. The molecule has 0 radical (unpaired) electrons. The van der Waals surface area contributed by atoms with Crippen molar-refractivity contribution < 1.29 is 39.2 Å². The lowest BCUT2D eigenvalue weighted by Gasteiger charge is -2.48. The summed E-state index contributed by atoms with van der Waals surface area (Å²) in [6, 6.07) is -0.220. The van der Waals surface area contributed by atoms with Gasteiger partial charge in [-0.25, -0.2) is 9.59 Å². The minimum absolute atomic E-state index is 0.101. The first-order valence-corrected chi connectivity index (χ1v) is 15.2. The Kier molecular flexibility index (Phi) is 8.45. The van der Waals surface area contributed by atoms with Crippen molar-refractivity contribution in [2.24, 2.45) is 28.6 Å². The first-order valence-electron chi connectivity index (χ1n) is 15.2. The van der Waals surface area contributed by atoms with Gasteiger partial charge in [-0.3, -0.25) is 4.79 Å². The molecule has 10 nitrogen and oxygen atoms in total. The van der Waals surface area contributed by atoms with Crippen molar-refractivity contribution in [2.75, 3.05) is 26.7 Å². The number of hydrogen-bond donors (Lipinski definition) is 3. The quantitative estimate of drug-likeness (QED) is 0.424. The van der Waals surface area contributed by atoms with Crippen molar-refractivity contribution in [3.05, 3.63) is 23.3 Å². The fourth-order valence-corrected chi connectivity index (χ4v) is 7.75. The third-order valence-corrected chi connectivity index (χ3v) is 10.7. The van der Waals surface area contributed by atoms with Crippen molar-refractivity contribution in [3.8, 4) is 0 Å². The van der Waals surface area contributed by atoms with Gasteiger partial charge in [-0.2, -0.15) is 0 Å². The van der Waals surface area contributed by atoms with Gasteiger partial charge in [0.05, 0.1) is 12.0 Å². The van der Waals surface area contributed by atoms with Gasteiger partial charge in [-0.15, -0.1) is 0 Å². The van der Waals surface area contributed by atoms with Crippen LogP contribution in [-0.4, -0.2) is 99.3 Å². The molecule has 2 fully saturated rings. The Balaban J connectivity index is 1.61. The average Bonchev–Trinajstić information content (AvgIpc) is 3.07. The molecule has 0 aromatic carbocycles. The van der Waals surface area contributed by atoms with Gasteiger partial charge in [-0.05, 0) is 75.4 Å². The number of ether oxygens (including phenoxy) is 2. The summed E-state index contributed by atoms with van der Waals surface area (Å²) >= 11 is 0. The van der Waals surface area contributed by atoms with Crippen LogP contribution in [0.15, 0.2) is 23.3 Å². The predicted molar refractivity (Wildman–Crippen MR) is 156 cm³/mol.